The van der Waals surface area contributed by atoms with Crippen LogP contribution >= 0.6 is 0 Å². The lowest BCUT2D eigenvalue weighted by Crippen LogP contribution is -2.34. The number of nitrogens with one attached hydrogen (secondary N) is 1. The summed E-state index contributed by atoms with van der Waals surface area (Å²) in [5.41, 5.74) is 3.99. The highest BCUT2D eigenvalue weighted by Gasteiger charge is 2.21. The van der Waals surface area contributed by atoms with Crippen LogP contribution in [0.3, 0.4) is 0 Å². The second-order valence-corrected chi connectivity index (χ2v) is 7.97. The van der Waals surface area contributed by atoms with Gasteiger partial charge in [-0.3, -0.25) is 4.79 Å². The number of ketones is 1. The third kappa shape index (κ3) is 4.96. The largest absolute Gasteiger partial charge is 0.341 e. The van der Waals surface area contributed by atoms with Gasteiger partial charge in [0.15, 0.2) is 5.78 Å². The molecule has 0 bridgehead atoms. The van der Waals surface area contributed by atoms with Crippen LogP contribution in [0.4, 0.5) is 5.95 Å². The van der Waals surface area contributed by atoms with Crippen molar-refractivity contribution in [3.63, 3.8) is 0 Å². The number of hydrogen-bond donors (Lipinski definition) is 1. The third-order valence-corrected chi connectivity index (χ3v) is 5.85. The summed E-state index contributed by atoms with van der Waals surface area (Å²) in [5, 5.41) is 3.53. The van der Waals surface area contributed by atoms with Gasteiger partial charge in [0.2, 0.25) is 5.95 Å². The van der Waals surface area contributed by atoms with Crippen molar-refractivity contribution in [2.24, 2.45) is 0 Å². The van der Waals surface area contributed by atoms with Gasteiger partial charge in [0, 0.05) is 48.7 Å². The SMILES string of the molecule is CC(=O)c1cccc(CN[C@@H](C)c2cnc(N(C)C3CCCCC3)nc2C)c1. The number of hydrogen-bond acceptors (Lipinski definition) is 5. The molecular weight excluding hydrogens is 348 g/mol. The molecule has 1 aliphatic rings. The van der Waals surface area contributed by atoms with E-state index < -0.39 is 0 Å². The van der Waals surface area contributed by atoms with Crippen molar-refractivity contribution in [1.82, 2.24) is 15.3 Å². The van der Waals surface area contributed by atoms with Crippen molar-refractivity contribution in [2.75, 3.05) is 11.9 Å². The Morgan fingerprint density at radius 1 is 1.29 bits per heavy atom. The van der Waals surface area contributed by atoms with Gasteiger partial charge in [-0.1, -0.05) is 37.5 Å². The van der Waals surface area contributed by atoms with E-state index in [1.165, 1.54) is 32.1 Å². The summed E-state index contributed by atoms with van der Waals surface area (Å²) in [7, 11) is 2.12. The van der Waals surface area contributed by atoms with E-state index in [-0.39, 0.29) is 11.8 Å². The molecule has 28 heavy (non-hydrogen) atoms. The van der Waals surface area contributed by atoms with Crippen LogP contribution in [0.15, 0.2) is 30.5 Å². The predicted molar refractivity (Wildman–Crippen MR) is 114 cm³/mol. The molecule has 1 saturated carbocycles. The van der Waals surface area contributed by atoms with Gasteiger partial charge in [-0.2, -0.15) is 0 Å². The Morgan fingerprint density at radius 2 is 2.04 bits per heavy atom. The number of anilines is 1. The summed E-state index contributed by atoms with van der Waals surface area (Å²) in [5.74, 6) is 0.923. The standard InChI is InChI=1S/C23H32N4O/c1-16(24-14-19-9-8-10-20(13-19)18(3)28)22-15-25-23(26-17(22)2)27(4)21-11-6-5-7-12-21/h8-10,13,15-16,21,24H,5-7,11-12,14H2,1-4H3/t16-/m0/s1. The Kier molecular flexibility index (Phi) is 6.79. The van der Waals surface area contributed by atoms with Crippen LogP contribution in [-0.2, 0) is 6.54 Å². The number of rotatable bonds is 7. The zero-order valence-corrected chi connectivity index (χ0v) is 17.5. The average molecular weight is 381 g/mol. The summed E-state index contributed by atoms with van der Waals surface area (Å²) < 4.78 is 0. The van der Waals surface area contributed by atoms with E-state index in [4.69, 9.17) is 4.98 Å². The van der Waals surface area contributed by atoms with Crippen molar-refractivity contribution in [1.29, 1.82) is 0 Å². The van der Waals surface area contributed by atoms with Crippen molar-refractivity contribution < 1.29 is 4.79 Å². The van der Waals surface area contributed by atoms with Crippen molar-refractivity contribution in [2.45, 2.75) is 71.5 Å². The maximum atomic E-state index is 11.6. The lowest BCUT2D eigenvalue weighted by atomic mass is 9.95. The average Bonchev–Trinajstić information content (AvgIpc) is 2.72. The minimum atomic E-state index is 0.0943. The Morgan fingerprint density at radius 3 is 2.71 bits per heavy atom. The second kappa shape index (κ2) is 9.28. The maximum absolute atomic E-state index is 11.6. The van der Waals surface area contributed by atoms with Crippen LogP contribution in [0.25, 0.3) is 0 Å². The first-order valence-corrected chi connectivity index (χ1v) is 10.4. The van der Waals surface area contributed by atoms with Gasteiger partial charge in [-0.05, 0) is 45.2 Å². The Labute approximate surface area is 168 Å². The topological polar surface area (TPSA) is 58.1 Å². The molecule has 1 aromatic carbocycles. The smallest absolute Gasteiger partial charge is 0.225 e. The van der Waals surface area contributed by atoms with E-state index >= 15 is 0 Å². The van der Waals surface area contributed by atoms with Crippen LogP contribution in [0.5, 0.6) is 0 Å². The van der Waals surface area contributed by atoms with Crippen LogP contribution in [0.1, 0.15) is 79.2 Å². The summed E-state index contributed by atoms with van der Waals surface area (Å²) in [6, 6.07) is 8.47. The number of carbonyl (C=O) groups is 1. The second-order valence-electron chi connectivity index (χ2n) is 7.97. The first-order chi connectivity index (χ1) is 13.5. The number of aromatic nitrogens is 2. The van der Waals surface area contributed by atoms with Gasteiger partial charge in [-0.15, -0.1) is 0 Å². The fourth-order valence-electron chi connectivity index (χ4n) is 3.97. The summed E-state index contributed by atoms with van der Waals surface area (Å²) in [6.45, 7) is 6.49. The van der Waals surface area contributed by atoms with Crippen LogP contribution in [0, 0.1) is 6.92 Å². The molecule has 0 spiro atoms. The predicted octanol–water partition coefficient (Wildman–Crippen LogP) is 4.61. The van der Waals surface area contributed by atoms with Gasteiger partial charge < -0.3 is 10.2 Å². The molecule has 2 aromatic rings. The molecular formula is C23H32N4O. The summed E-state index contributed by atoms with van der Waals surface area (Å²) >= 11 is 0. The monoisotopic (exact) mass is 380 g/mol. The Balaban J connectivity index is 1.64. The zero-order valence-electron chi connectivity index (χ0n) is 17.5. The van der Waals surface area contributed by atoms with Gasteiger partial charge in [0.1, 0.15) is 0 Å². The van der Waals surface area contributed by atoms with Crippen LogP contribution in [-0.4, -0.2) is 28.8 Å². The van der Waals surface area contributed by atoms with E-state index in [0.717, 1.165) is 28.3 Å². The molecule has 0 unspecified atom stereocenters. The molecule has 5 nitrogen and oxygen atoms in total. The van der Waals surface area contributed by atoms with E-state index in [1.54, 1.807) is 6.92 Å². The molecule has 0 saturated heterocycles. The molecule has 150 valence electrons. The van der Waals surface area contributed by atoms with Gasteiger partial charge >= 0.3 is 0 Å². The highest BCUT2D eigenvalue weighted by Crippen LogP contribution is 2.25. The van der Waals surface area contributed by atoms with Crippen molar-refractivity contribution >= 4 is 11.7 Å². The van der Waals surface area contributed by atoms with E-state index in [1.807, 2.05) is 30.5 Å². The molecule has 1 aromatic heterocycles. The van der Waals surface area contributed by atoms with E-state index in [9.17, 15) is 4.79 Å². The summed E-state index contributed by atoms with van der Waals surface area (Å²) in [4.78, 5) is 23.3. The first kappa shape index (κ1) is 20.5. The van der Waals surface area contributed by atoms with Gasteiger partial charge in [-0.25, -0.2) is 9.97 Å². The van der Waals surface area contributed by atoms with Gasteiger partial charge in [0.25, 0.3) is 0 Å². The quantitative estimate of drug-likeness (QED) is 0.711. The van der Waals surface area contributed by atoms with Crippen LogP contribution < -0.4 is 10.2 Å². The highest BCUT2D eigenvalue weighted by atomic mass is 16.1. The fraction of sp³-hybridized carbons (Fsp3) is 0.522. The number of Topliss-reactive ketones (excluding diaryl/α,β-unsaturated/α-hetero) is 1. The molecule has 1 atom stereocenters. The highest BCUT2D eigenvalue weighted by molar-refractivity contribution is 5.94. The molecule has 1 fully saturated rings. The molecule has 1 heterocycles. The number of benzene rings is 1. The first-order valence-electron chi connectivity index (χ1n) is 10.4. The van der Waals surface area contributed by atoms with Crippen molar-refractivity contribution in [3.8, 4) is 0 Å². The third-order valence-electron chi connectivity index (χ3n) is 5.85. The molecule has 1 aliphatic carbocycles. The van der Waals surface area contributed by atoms with E-state index in [0.29, 0.717) is 12.6 Å². The summed E-state index contributed by atoms with van der Waals surface area (Å²) in [6.07, 6.45) is 8.38. The minimum Gasteiger partial charge on any atom is -0.341 e. The van der Waals surface area contributed by atoms with Gasteiger partial charge in [0.05, 0.1) is 0 Å². The molecule has 1 N–H and O–H groups in total. The molecule has 0 radical (unpaired) electrons. The lowest BCUT2D eigenvalue weighted by molar-refractivity contribution is 0.101. The lowest BCUT2D eigenvalue weighted by Gasteiger charge is -2.31. The van der Waals surface area contributed by atoms with Crippen molar-refractivity contribution in [3.05, 3.63) is 52.8 Å². The number of nitrogens with zero attached hydrogens (tertiary/aromatic N) is 3. The molecule has 0 amide bonds. The minimum absolute atomic E-state index is 0.0943. The number of aryl methyl sites for hydroxylation is 1. The normalized spacial score (nSPS) is 16.0. The Bertz CT molecular complexity index is 814. The molecule has 0 aliphatic heterocycles. The van der Waals surface area contributed by atoms with E-state index in [2.05, 4.69) is 36.1 Å². The fourth-order valence-corrected chi connectivity index (χ4v) is 3.97. The maximum Gasteiger partial charge on any atom is 0.225 e. The Hall–Kier alpha value is -2.27. The number of carbonyl (C=O) groups excluding carboxylic acids is 1. The molecule has 3 rings (SSSR count). The zero-order chi connectivity index (χ0) is 20.1. The molecule has 5 heteroatoms. The van der Waals surface area contributed by atoms with Crippen LogP contribution in [0.2, 0.25) is 0 Å².